The van der Waals surface area contributed by atoms with Gasteiger partial charge >= 0.3 is 6.36 Å². The number of pyridine rings is 1. The van der Waals surface area contributed by atoms with Crippen molar-refractivity contribution in [2.45, 2.75) is 39.5 Å². The summed E-state index contributed by atoms with van der Waals surface area (Å²) in [6.45, 7) is 4.35. The number of aromatic nitrogens is 1. The molecule has 2 aromatic rings. The van der Waals surface area contributed by atoms with Gasteiger partial charge in [-0.15, -0.1) is 13.2 Å². The number of nitrogens with one attached hydrogen (secondary N) is 1. The Morgan fingerprint density at radius 3 is 2.69 bits per heavy atom. The third-order valence-corrected chi connectivity index (χ3v) is 5.37. The molecule has 2 heterocycles. The van der Waals surface area contributed by atoms with Crippen LogP contribution in [0, 0.1) is 12.8 Å². The number of hydrogen-bond acceptors (Lipinski definition) is 5. The van der Waals surface area contributed by atoms with E-state index in [-0.39, 0.29) is 28.4 Å². The maximum absolute atomic E-state index is 12.9. The molecule has 0 radical (unpaired) electrons. The minimum Gasteiger partial charge on any atom is -0.406 e. The normalized spacial score (nSPS) is 16.6. The summed E-state index contributed by atoms with van der Waals surface area (Å²) in [6.07, 6.45) is -2.82. The second kappa shape index (κ2) is 9.77. The van der Waals surface area contributed by atoms with Crippen LogP contribution in [-0.4, -0.2) is 36.1 Å². The van der Waals surface area contributed by atoms with Gasteiger partial charge in [-0.25, -0.2) is 4.98 Å². The van der Waals surface area contributed by atoms with Crippen LogP contribution in [0.4, 0.5) is 24.7 Å². The van der Waals surface area contributed by atoms with E-state index >= 15 is 0 Å². The predicted molar refractivity (Wildman–Crippen MR) is 115 cm³/mol. The number of carbonyl (C=O) groups excluding carboxylic acids is 2. The molecule has 0 aliphatic carbocycles. The van der Waals surface area contributed by atoms with Crippen molar-refractivity contribution in [1.82, 2.24) is 4.98 Å². The number of nitrogens with zero attached hydrogens (tertiary/aromatic N) is 2. The van der Waals surface area contributed by atoms with Crippen LogP contribution >= 0.6 is 11.6 Å². The molecule has 10 heteroatoms. The zero-order chi connectivity index (χ0) is 23.5. The van der Waals surface area contributed by atoms with Crippen LogP contribution in [0.25, 0.3) is 0 Å². The van der Waals surface area contributed by atoms with E-state index in [9.17, 15) is 22.8 Å². The lowest BCUT2D eigenvalue weighted by Crippen LogP contribution is -2.36. The molecular weight excluding hydrogens is 447 g/mol. The van der Waals surface area contributed by atoms with E-state index in [1.165, 1.54) is 19.1 Å². The van der Waals surface area contributed by atoms with Crippen LogP contribution < -0.4 is 15.0 Å². The molecule has 1 fully saturated rings. The van der Waals surface area contributed by atoms with Gasteiger partial charge in [-0.3, -0.25) is 9.59 Å². The van der Waals surface area contributed by atoms with Crippen molar-refractivity contribution in [3.8, 4) is 5.75 Å². The summed E-state index contributed by atoms with van der Waals surface area (Å²) < 4.78 is 41.2. The average Bonchev–Trinajstić information content (AvgIpc) is 2.66. The molecule has 0 unspecified atom stereocenters. The minimum absolute atomic E-state index is 0.0520. The topological polar surface area (TPSA) is 71.5 Å². The Kier molecular flexibility index (Phi) is 7.28. The lowest BCUT2D eigenvalue weighted by atomic mass is 9.90. The number of piperidine rings is 1. The molecule has 1 aromatic carbocycles. The zero-order valence-electron chi connectivity index (χ0n) is 17.6. The van der Waals surface area contributed by atoms with Gasteiger partial charge in [0.2, 0.25) is 5.91 Å². The quantitative estimate of drug-likeness (QED) is 0.574. The van der Waals surface area contributed by atoms with Crippen molar-refractivity contribution < 1.29 is 27.5 Å². The molecule has 1 saturated heterocycles. The smallest absolute Gasteiger partial charge is 0.406 e. The number of alkyl halides is 3. The molecule has 0 saturated carbocycles. The molecule has 1 amide bonds. The van der Waals surface area contributed by atoms with Crippen molar-refractivity contribution in [3.63, 3.8) is 0 Å². The average molecular weight is 470 g/mol. The summed E-state index contributed by atoms with van der Waals surface area (Å²) in [5.74, 6) is -0.324. The van der Waals surface area contributed by atoms with Gasteiger partial charge in [-0.2, -0.15) is 0 Å². The van der Waals surface area contributed by atoms with Crippen LogP contribution in [0.1, 0.15) is 42.2 Å². The maximum Gasteiger partial charge on any atom is 0.573 e. The summed E-state index contributed by atoms with van der Waals surface area (Å²) in [6, 6.07) is 7.12. The number of benzene rings is 1. The van der Waals surface area contributed by atoms with Crippen molar-refractivity contribution in [1.29, 1.82) is 0 Å². The van der Waals surface area contributed by atoms with Gasteiger partial charge in [0.25, 0.3) is 0 Å². The van der Waals surface area contributed by atoms with Gasteiger partial charge < -0.3 is 15.0 Å². The number of carbonyl (C=O) groups is 2. The second-order valence-electron chi connectivity index (χ2n) is 7.81. The van der Waals surface area contributed by atoms with E-state index in [4.69, 9.17) is 11.6 Å². The van der Waals surface area contributed by atoms with Gasteiger partial charge in [0.05, 0.1) is 10.7 Å². The van der Waals surface area contributed by atoms with E-state index in [0.717, 1.165) is 18.9 Å². The monoisotopic (exact) mass is 469 g/mol. The van der Waals surface area contributed by atoms with Gasteiger partial charge in [0.1, 0.15) is 11.6 Å². The Balaban J connectivity index is 1.68. The molecule has 1 aliphatic rings. The molecule has 1 N–H and O–H groups in total. The number of hydrogen-bond donors (Lipinski definition) is 1. The number of halogens is 4. The number of amides is 1. The molecule has 1 atom stereocenters. The first-order valence-corrected chi connectivity index (χ1v) is 10.5. The molecule has 32 heavy (non-hydrogen) atoms. The molecule has 6 nitrogen and oxygen atoms in total. The number of Topliss-reactive ketones (excluding diaryl/α,β-unsaturated/α-hetero) is 1. The molecule has 0 spiro atoms. The number of ether oxygens (including phenoxy) is 1. The molecule has 1 aromatic heterocycles. The van der Waals surface area contributed by atoms with Crippen molar-refractivity contribution in [3.05, 3.63) is 46.6 Å². The van der Waals surface area contributed by atoms with Crippen LogP contribution in [0.5, 0.6) is 5.75 Å². The summed E-state index contributed by atoms with van der Waals surface area (Å²) in [5, 5.41) is 2.75. The zero-order valence-corrected chi connectivity index (χ0v) is 18.4. The van der Waals surface area contributed by atoms with Crippen molar-refractivity contribution in [2.24, 2.45) is 5.92 Å². The van der Waals surface area contributed by atoms with Gasteiger partial charge in [0.15, 0.2) is 5.78 Å². The highest BCUT2D eigenvalue weighted by Crippen LogP contribution is 2.35. The van der Waals surface area contributed by atoms with Crippen LogP contribution in [0.3, 0.4) is 0 Å². The van der Waals surface area contributed by atoms with E-state index < -0.39 is 6.36 Å². The number of ketones is 1. The Labute approximate surface area is 188 Å². The standard InChI is InChI=1S/C22H23ClF3N3O3/c1-13-8-16(10-21(27-13)28-14(2)30)20(31)9-15-4-3-7-29(12-15)19-6-5-17(11-18(19)23)32-22(24,25)26/h5-6,8,10-11,15H,3-4,7,9,12H2,1-2H3,(H,27,28,30)/t15-/m0/s1. The molecular formula is C22H23ClF3N3O3. The van der Waals surface area contributed by atoms with E-state index in [2.05, 4.69) is 15.0 Å². The largest absolute Gasteiger partial charge is 0.573 e. The van der Waals surface area contributed by atoms with Gasteiger partial charge in [-0.05, 0) is 49.9 Å². The SMILES string of the molecule is CC(=O)Nc1cc(C(=O)C[C@@H]2CCCN(c3ccc(OC(F)(F)F)cc3Cl)C2)cc(C)n1. The maximum atomic E-state index is 12.9. The summed E-state index contributed by atoms with van der Waals surface area (Å²) in [4.78, 5) is 30.4. The third-order valence-electron chi connectivity index (χ3n) is 5.07. The predicted octanol–water partition coefficient (Wildman–Crippen LogP) is 5.39. The fourth-order valence-electron chi connectivity index (χ4n) is 3.85. The number of anilines is 2. The highest BCUT2D eigenvalue weighted by atomic mass is 35.5. The van der Waals surface area contributed by atoms with Crippen LogP contribution in [0.15, 0.2) is 30.3 Å². The van der Waals surface area contributed by atoms with Crippen LogP contribution in [0.2, 0.25) is 5.02 Å². The Morgan fingerprint density at radius 1 is 1.28 bits per heavy atom. The first-order chi connectivity index (χ1) is 15.0. The number of rotatable bonds is 6. The minimum atomic E-state index is -4.79. The van der Waals surface area contributed by atoms with E-state index in [1.807, 2.05) is 4.90 Å². The molecule has 0 bridgehead atoms. The van der Waals surface area contributed by atoms with Crippen LogP contribution in [-0.2, 0) is 4.79 Å². The summed E-state index contributed by atoms with van der Waals surface area (Å²) in [7, 11) is 0. The highest BCUT2D eigenvalue weighted by molar-refractivity contribution is 6.33. The number of aryl methyl sites for hydroxylation is 1. The Bertz CT molecular complexity index is 1010. The molecule has 172 valence electrons. The highest BCUT2D eigenvalue weighted by Gasteiger charge is 2.31. The Morgan fingerprint density at radius 2 is 2.03 bits per heavy atom. The van der Waals surface area contributed by atoms with Gasteiger partial charge in [-0.1, -0.05) is 11.6 Å². The first-order valence-electron chi connectivity index (χ1n) is 10.1. The first kappa shape index (κ1) is 23.8. The second-order valence-corrected chi connectivity index (χ2v) is 8.21. The van der Waals surface area contributed by atoms with E-state index in [0.29, 0.717) is 42.3 Å². The van der Waals surface area contributed by atoms with E-state index in [1.54, 1.807) is 19.1 Å². The lowest BCUT2D eigenvalue weighted by Gasteiger charge is -2.35. The fraction of sp³-hybridized carbons (Fsp3) is 0.409. The summed E-state index contributed by atoms with van der Waals surface area (Å²) in [5.41, 5.74) is 1.70. The molecule has 1 aliphatic heterocycles. The van der Waals surface area contributed by atoms with Crippen molar-refractivity contribution in [2.75, 3.05) is 23.3 Å². The summed E-state index contributed by atoms with van der Waals surface area (Å²) >= 11 is 6.22. The molecule has 3 rings (SSSR count). The lowest BCUT2D eigenvalue weighted by molar-refractivity contribution is -0.274. The third kappa shape index (κ3) is 6.59. The van der Waals surface area contributed by atoms with Crippen molar-refractivity contribution >= 4 is 34.8 Å². The van der Waals surface area contributed by atoms with Gasteiger partial charge in [0, 0.05) is 43.8 Å². The fourth-order valence-corrected chi connectivity index (χ4v) is 4.14. The Hall–Kier alpha value is -2.81.